The molecule has 1 heterocycles. The lowest BCUT2D eigenvalue weighted by atomic mass is 9.99. The van der Waals surface area contributed by atoms with Crippen LogP contribution in [0.15, 0.2) is 57.7 Å². The quantitative estimate of drug-likeness (QED) is 0.644. The van der Waals surface area contributed by atoms with Crippen LogP contribution in [-0.4, -0.2) is 62.3 Å². The second kappa shape index (κ2) is 10.2. The van der Waals surface area contributed by atoms with Gasteiger partial charge in [0.25, 0.3) is 5.91 Å². The molecular weight excluding hydrogens is 406 g/mol. The summed E-state index contributed by atoms with van der Waals surface area (Å²) in [5.74, 6) is 1.74. The number of hydrogen-bond donors (Lipinski definition) is 1. The molecule has 8 nitrogen and oxygen atoms in total. The molecule has 2 aliphatic rings. The van der Waals surface area contributed by atoms with Gasteiger partial charge in [0.1, 0.15) is 23.4 Å². The number of thioether (sulfide) groups is 1. The van der Waals surface area contributed by atoms with Crippen LogP contribution in [0.25, 0.3) is 0 Å². The average molecular weight is 429 g/mol. The zero-order chi connectivity index (χ0) is 21.5. The summed E-state index contributed by atoms with van der Waals surface area (Å²) in [4.78, 5) is 32.9. The van der Waals surface area contributed by atoms with Gasteiger partial charge in [-0.15, -0.1) is 11.8 Å². The molecule has 0 fully saturated rings. The standard InChI is InChI=1S/C21H23N3O5S/c1-27-16-7-5-4-6-13(16)10-22-20(25)12-30-11-19-23-15-9-18(29-3)17(28-2)8-14(15)21(26)24-19/h4-9,17H,10-12H2,1-3H3,(H,22,25). The van der Waals surface area contributed by atoms with Gasteiger partial charge in [-0.05, 0) is 12.1 Å². The van der Waals surface area contributed by atoms with Gasteiger partial charge in [-0.2, -0.15) is 4.99 Å². The number of carbonyl (C=O) groups is 2. The minimum Gasteiger partial charge on any atom is -0.498 e. The number of fused-ring (bicyclic) bond motifs is 1. The van der Waals surface area contributed by atoms with Gasteiger partial charge in [0.05, 0.1) is 37.0 Å². The lowest BCUT2D eigenvalue weighted by Crippen LogP contribution is -2.28. The first-order valence-electron chi connectivity index (χ1n) is 9.23. The Bertz CT molecular complexity index is 952. The first-order valence-corrected chi connectivity index (χ1v) is 10.4. The molecule has 3 rings (SSSR count). The van der Waals surface area contributed by atoms with Crippen LogP contribution in [0.3, 0.4) is 0 Å². The van der Waals surface area contributed by atoms with Gasteiger partial charge in [-0.1, -0.05) is 18.2 Å². The minimum absolute atomic E-state index is 0.121. The van der Waals surface area contributed by atoms with Crippen molar-refractivity contribution in [2.75, 3.05) is 32.8 Å². The molecule has 1 atom stereocenters. The number of amides is 2. The first-order chi connectivity index (χ1) is 14.5. The van der Waals surface area contributed by atoms with Crippen molar-refractivity contribution in [2.45, 2.75) is 12.6 Å². The van der Waals surface area contributed by atoms with Gasteiger partial charge in [0.15, 0.2) is 0 Å². The Morgan fingerprint density at radius 3 is 2.70 bits per heavy atom. The third kappa shape index (κ3) is 5.17. The van der Waals surface area contributed by atoms with Crippen molar-refractivity contribution in [1.29, 1.82) is 0 Å². The number of amidine groups is 1. The van der Waals surface area contributed by atoms with Crippen LogP contribution in [0, 0.1) is 0 Å². The number of hydrogen-bond acceptors (Lipinski definition) is 7. The van der Waals surface area contributed by atoms with Crippen molar-refractivity contribution in [3.63, 3.8) is 0 Å². The van der Waals surface area contributed by atoms with Crippen molar-refractivity contribution in [2.24, 2.45) is 9.98 Å². The van der Waals surface area contributed by atoms with Crippen LogP contribution in [0.2, 0.25) is 0 Å². The monoisotopic (exact) mass is 429 g/mol. The second-order valence-corrected chi connectivity index (χ2v) is 7.38. The van der Waals surface area contributed by atoms with Gasteiger partial charge in [0.2, 0.25) is 5.91 Å². The van der Waals surface area contributed by atoms with Crippen LogP contribution in [0.5, 0.6) is 5.75 Å². The molecule has 0 spiro atoms. The predicted molar refractivity (Wildman–Crippen MR) is 116 cm³/mol. The lowest BCUT2D eigenvalue weighted by Gasteiger charge is -2.22. The van der Waals surface area contributed by atoms with E-state index in [4.69, 9.17) is 14.2 Å². The lowest BCUT2D eigenvalue weighted by molar-refractivity contribution is -0.118. The van der Waals surface area contributed by atoms with E-state index in [2.05, 4.69) is 15.3 Å². The number of carbonyl (C=O) groups excluding carboxylic acids is 2. The molecule has 0 saturated heterocycles. The number of nitrogens with zero attached hydrogens (tertiary/aromatic N) is 2. The highest BCUT2D eigenvalue weighted by Crippen LogP contribution is 2.23. The van der Waals surface area contributed by atoms with Crippen molar-refractivity contribution in [3.05, 3.63) is 53.3 Å². The van der Waals surface area contributed by atoms with Crippen LogP contribution in [-0.2, 0) is 25.6 Å². The van der Waals surface area contributed by atoms with Gasteiger partial charge >= 0.3 is 0 Å². The Hall–Kier alpha value is -2.91. The molecule has 1 aromatic carbocycles. The maximum Gasteiger partial charge on any atom is 0.280 e. The van der Waals surface area contributed by atoms with E-state index in [9.17, 15) is 9.59 Å². The molecule has 1 aliphatic heterocycles. The molecule has 0 bridgehead atoms. The molecule has 30 heavy (non-hydrogen) atoms. The highest BCUT2D eigenvalue weighted by Gasteiger charge is 2.28. The first kappa shape index (κ1) is 21.8. The number of methoxy groups -OCH3 is 3. The zero-order valence-corrected chi connectivity index (χ0v) is 17.8. The summed E-state index contributed by atoms with van der Waals surface area (Å²) >= 11 is 1.34. The summed E-state index contributed by atoms with van der Waals surface area (Å²) in [6.45, 7) is 0.380. The number of aliphatic imine (C=N–C) groups is 2. The van der Waals surface area contributed by atoms with Gasteiger partial charge in [-0.25, -0.2) is 4.99 Å². The normalized spacial score (nSPS) is 17.8. The summed E-state index contributed by atoms with van der Waals surface area (Å²) in [6, 6.07) is 7.51. The summed E-state index contributed by atoms with van der Waals surface area (Å²) in [5, 5.41) is 2.86. The van der Waals surface area contributed by atoms with Gasteiger partial charge in [0, 0.05) is 25.3 Å². The molecule has 158 valence electrons. The van der Waals surface area contributed by atoms with E-state index in [0.717, 1.165) is 11.3 Å². The number of allylic oxidation sites excluding steroid dienone is 1. The number of rotatable bonds is 9. The van der Waals surface area contributed by atoms with E-state index >= 15 is 0 Å². The van der Waals surface area contributed by atoms with Crippen LogP contribution < -0.4 is 10.1 Å². The Morgan fingerprint density at radius 2 is 1.97 bits per heavy atom. The molecule has 0 aromatic heterocycles. The molecule has 1 aromatic rings. The predicted octanol–water partition coefficient (Wildman–Crippen LogP) is 1.91. The number of nitrogens with one attached hydrogen (secondary N) is 1. The summed E-state index contributed by atoms with van der Waals surface area (Å²) in [6.07, 6.45) is 2.89. The van der Waals surface area contributed by atoms with E-state index in [-0.39, 0.29) is 17.6 Å². The summed E-state index contributed by atoms with van der Waals surface area (Å²) in [7, 11) is 4.67. The fraction of sp³-hybridized carbons (Fsp3) is 0.333. The maximum atomic E-state index is 12.3. The van der Waals surface area contributed by atoms with E-state index in [1.807, 2.05) is 24.3 Å². The van der Waals surface area contributed by atoms with Crippen molar-refractivity contribution in [1.82, 2.24) is 5.32 Å². The molecule has 1 N–H and O–H groups in total. The second-order valence-electron chi connectivity index (χ2n) is 6.40. The molecule has 1 unspecified atom stereocenters. The van der Waals surface area contributed by atoms with Gasteiger partial charge < -0.3 is 19.5 Å². The topological polar surface area (TPSA) is 98.6 Å². The smallest absolute Gasteiger partial charge is 0.280 e. The third-order valence-corrected chi connectivity index (χ3v) is 5.42. The Labute approximate surface area is 179 Å². The highest BCUT2D eigenvalue weighted by molar-refractivity contribution is 8.00. The van der Waals surface area contributed by atoms with Crippen molar-refractivity contribution >= 4 is 35.1 Å². The molecule has 9 heteroatoms. The Kier molecular flexibility index (Phi) is 7.42. The molecule has 1 aliphatic carbocycles. The van der Waals surface area contributed by atoms with E-state index in [0.29, 0.717) is 35.2 Å². The number of benzene rings is 1. The van der Waals surface area contributed by atoms with E-state index < -0.39 is 6.10 Å². The Balaban J connectivity index is 1.53. The highest BCUT2D eigenvalue weighted by atomic mass is 32.2. The van der Waals surface area contributed by atoms with Crippen molar-refractivity contribution < 1.29 is 23.8 Å². The SMILES string of the molecule is COC1=CC2=NC(CSCC(=O)NCc3ccccc3OC)=NC(=O)C2=CC1OC. The fourth-order valence-corrected chi connectivity index (χ4v) is 3.68. The number of ether oxygens (including phenoxy) is 3. The molecule has 0 saturated carbocycles. The van der Waals surface area contributed by atoms with Gasteiger partial charge in [-0.3, -0.25) is 9.59 Å². The van der Waals surface area contributed by atoms with E-state index in [1.165, 1.54) is 26.0 Å². The fourth-order valence-electron chi connectivity index (χ4n) is 2.98. The summed E-state index contributed by atoms with van der Waals surface area (Å²) in [5.41, 5.74) is 1.79. The summed E-state index contributed by atoms with van der Waals surface area (Å²) < 4.78 is 15.9. The largest absolute Gasteiger partial charge is 0.498 e. The minimum atomic E-state index is -0.439. The Morgan fingerprint density at radius 1 is 1.17 bits per heavy atom. The molecule has 0 radical (unpaired) electrons. The van der Waals surface area contributed by atoms with Crippen molar-refractivity contribution in [3.8, 4) is 5.75 Å². The van der Waals surface area contributed by atoms with Crippen LogP contribution in [0.1, 0.15) is 5.56 Å². The molecule has 2 amide bonds. The third-order valence-electron chi connectivity index (χ3n) is 4.49. The average Bonchev–Trinajstić information content (AvgIpc) is 2.77. The number of para-hydroxylation sites is 1. The van der Waals surface area contributed by atoms with E-state index in [1.54, 1.807) is 19.3 Å². The maximum absolute atomic E-state index is 12.3. The molecular formula is C21H23N3O5S. The van der Waals surface area contributed by atoms with Crippen LogP contribution in [0.4, 0.5) is 0 Å². The zero-order valence-electron chi connectivity index (χ0n) is 17.0. The van der Waals surface area contributed by atoms with Crippen LogP contribution >= 0.6 is 11.8 Å².